The maximum absolute atomic E-state index is 12.6. The van der Waals surface area contributed by atoms with Crippen LogP contribution in [-0.2, 0) is 39.9 Å². The zero-order valence-electron chi connectivity index (χ0n) is 22.1. The van der Waals surface area contributed by atoms with Crippen molar-refractivity contribution in [1.82, 2.24) is 4.13 Å². The summed E-state index contributed by atoms with van der Waals surface area (Å²) in [5.74, 6) is -1.94. The quantitative estimate of drug-likeness (QED) is 0.259. The van der Waals surface area contributed by atoms with Crippen LogP contribution >= 0.6 is 0 Å². The summed E-state index contributed by atoms with van der Waals surface area (Å²) in [4.78, 5) is 0. The summed E-state index contributed by atoms with van der Waals surface area (Å²) in [6.07, 6.45) is -0.209. The van der Waals surface area contributed by atoms with Crippen LogP contribution in [0.25, 0.3) is 0 Å². The standard InChI is InChI=1S/C12H10I.C10H19F6N3O6S4/c1-3-7-11(8-4-1)13-12-9-5-2-6-10-12;1-3-5-7-26(20,18-28(22,23)9(11,12)13)17-27(21,8-6-4-2)19-29(24,25)10(14,15)16/h1-10H;3-8H2,1-2H3,(H,17,18,19,20,21)/q+1;. The molecule has 2 atom stereocenters. The van der Waals surface area contributed by atoms with Crippen LogP contribution in [0.4, 0.5) is 26.3 Å². The van der Waals surface area contributed by atoms with E-state index >= 15 is 0 Å². The number of benzene rings is 2. The Morgan fingerprint density at radius 1 is 0.619 bits per heavy atom. The SMILES string of the molecule is CCCCS(=O)(=NS(=O)(=O)C(F)(F)F)NS(=O)(CCCC)=NS(=O)(=O)C(F)(F)F.c1ccc([I+]c2ccccc2)cc1. The summed E-state index contributed by atoms with van der Waals surface area (Å²) in [6.45, 7) is 2.90. The van der Waals surface area contributed by atoms with Crippen molar-refractivity contribution in [2.24, 2.45) is 7.54 Å². The molecule has 1 N–H and O–H groups in total. The van der Waals surface area contributed by atoms with Gasteiger partial charge in [-0.15, -0.1) is 4.13 Å². The van der Waals surface area contributed by atoms with Gasteiger partial charge in [-0.1, -0.05) is 70.6 Å². The molecule has 0 heterocycles. The zero-order chi connectivity index (χ0) is 32.3. The molecule has 0 bridgehead atoms. The number of hydrogen-bond donors (Lipinski definition) is 1. The third-order valence-corrected chi connectivity index (χ3v) is 15.6. The molecule has 42 heavy (non-hydrogen) atoms. The number of sulfonamides is 2. The average Bonchev–Trinajstić information content (AvgIpc) is 2.86. The van der Waals surface area contributed by atoms with Crippen molar-refractivity contribution in [3.63, 3.8) is 0 Å². The van der Waals surface area contributed by atoms with Crippen molar-refractivity contribution in [3.05, 3.63) is 67.8 Å². The molecule has 2 unspecified atom stereocenters. The van der Waals surface area contributed by atoms with Crippen LogP contribution < -0.4 is 25.3 Å². The van der Waals surface area contributed by atoms with Gasteiger partial charge in [0.2, 0.25) is 0 Å². The van der Waals surface area contributed by atoms with Gasteiger partial charge in [0.25, 0.3) is 0 Å². The second-order valence-corrected chi connectivity index (χ2v) is 19.3. The van der Waals surface area contributed by atoms with Crippen LogP contribution in [-0.4, -0.2) is 47.8 Å². The van der Waals surface area contributed by atoms with Crippen molar-refractivity contribution >= 4 is 39.9 Å². The van der Waals surface area contributed by atoms with Crippen molar-refractivity contribution in [2.75, 3.05) is 11.5 Å². The van der Waals surface area contributed by atoms with E-state index < -0.39 is 62.4 Å². The maximum atomic E-state index is 12.6. The highest BCUT2D eigenvalue weighted by Crippen LogP contribution is 2.28. The van der Waals surface area contributed by atoms with E-state index in [1.165, 1.54) is 25.1 Å². The largest absolute Gasteiger partial charge is 0.519 e. The molecule has 2 aromatic carbocycles. The Morgan fingerprint density at radius 2 is 0.929 bits per heavy atom. The minimum absolute atomic E-state index is 0.0287. The number of nitrogens with one attached hydrogen (secondary N) is 1. The molecule has 0 spiro atoms. The number of nitrogens with zero attached hydrogens (tertiary/aromatic N) is 2. The van der Waals surface area contributed by atoms with Crippen LogP contribution in [0.1, 0.15) is 39.5 Å². The van der Waals surface area contributed by atoms with Crippen molar-refractivity contribution in [2.45, 2.75) is 50.5 Å². The number of halogens is 7. The number of unbranched alkanes of at least 4 members (excludes halogenated alkanes) is 2. The Balaban J connectivity index is 0.000000554. The van der Waals surface area contributed by atoms with E-state index in [1.54, 1.807) is 0 Å². The van der Waals surface area contributed by atoms with Gasteiger partial charge in [0.05, 0.1) is 0 Å². The van der Waals surface area contributed by atoms with Crippen molar-refractivity contribution in [1.29, 1.82) is 0 Å². The van der Waals surface area contributed by atoms with E-state index in [0.717, 1.165) is 0 Å². The molecule has 0 aliphatic rings. The first kappa shape index (κ1) is 38.5. The Hall–Kier alpha value is -1.49. The molecule has 0 aliphatic carbocycles. The Kier molecular flexibility index (Phi) is 14.7. The van der Waals surface area contributed by atoms with Gasteiger partial charge < -0.3 is 0 Å². The summed E-state index contributed by atoms with van der Waals surface area (Å²) in [5, 5.41) is 0. The van der Waals surface area contributed by atoms with E-state index in [9.17, 15) is 51.6 Å². The molecule has 0 aromatic heterocycles. The molecule has 0 saturated heterocycles. The second-order valence-electron chi connectivity index (χ2n) is 8.16. The first-order chi connectivity index (χ1) is 19.2. The van der Waals surface area contributed by atoms with Crippen LogP contribution in [0.3, 0.4) is 0 Å². The molecule has 0 fully saturated rings. The molecule has 0 aliphatic heterocycles. The predicted molar refractivity (Wildman–Crippen MR) is 144 cm³/mol. The summed E-state index contributed by atoms with van der Waals surface area (Å²) in [5.41, 5.74) is -12.0. The lowest BCUT2D eigenvalue weighted by molar-refractivity contribution is -0.597. The molecular weight excluding hydrogens is 771 g/mol. The fraction of sp³-hybridized carbons (Fsp3) is 0.455. The van der Waals surface area contributed by atoms with Gasteiger partial charge in [-0.3, -0.25) is 0 Å². The maximum Gasteiger partial charge on any atom is 0.519 e. The molecule has 0 radical (unpaired) electrons. The van der Waals surface area contributed by atoms with E-state index in [1.807, 2.05) is 0 Å². The van der Waals surface area contributed by atoms with Gasteiger partial charge in [0.15, 0.2) is 7.14 Å². The summed E-state index contributed by atoms with van der Waals surface area (Å²) in [7, 11) is -22.5. The monoisotopic (exact) mass is 800 g/mol. The normalized spacial score (nSPS) is 15.4. The van der Waals surface area contributed by atoms with Gasteiger partial charge in [-0.25, -0.2) is 8.42 Å². The molecule has 2 aromatic rings. The summed E-state index contributed by atoms with van der Waals surface area (Å²) in [6, 6.07) is 21.4. The third-order valence-electron chi connectivity index (χ3n) is 4.52. The topological polar surface area (TPSA) is 139 Å². The van der Waals surface area contributed by atoms with Crippen molar-refractivity contribution < 1.29 is 72.8 Å². The van der Waals surface area contributed by atoms with Crippen molar-refractivity contribution in [3.8, 4) is 0 Å². The van der Waals surface area contributed by atoms with Crippen LogP contribution in [0.15, 0.2) is 68.2 Å². The second kappa shape index (κ2) is 16.0. The van der Waals surface area contributed by atoms with Crippen LogP contribution in [0.2, 0.25) is 0 Å². The van der Waals surface area contributed by atoms with Gasteiger partial charge in [-0.05, 0) is 37.1 Å². The fourth-order valence-electron chi connectivity index (χ4n) is 2.55. The lowest BCUT2D eigenvalue weighted by Gasteiger charge is -2.16. The highest BCUT2D eigenvalue weighted by atomic mass is 127. The first-order valence-electron chi connectivity index (χ1n) is 11.9. The smallest absolute Gasteiger partial charge is 0.232 e. The predicted octanol–water partition coefficient (Wildman–Crippen LogP) is 2.46. The van der Waals surface area contributed by atoms with E-state index in [0.29, 0.717) is 0 Å². The molecule has 20 heteroatoms. The van der Waals surface area contributed by atoms with Gasteiger partial charge in [0.1, 0.15) is 19.8 Å². The highest BCUT2D eigenvalue weighted by molar-refractivity contribution is 8.12. The Labute approximate surface area is 252 Å². The molecule has 2 rings (SSSR count). The number of rotatable bonds is 12. The zero-order valence-corrected chi connectivity index (χ0v) is 27.6. The van der Waals surface area contributed by atoms with Gasteiger partial charge in [0, 0.05) is 11.5 Å². The number of alkyl halides is 6. The molecule has 0 saturated carbocycles. The van der Waals surface area contributed by atoms with E-state index in [4.69, 9.17) is 0 Å². The average molecular weight is 801 g/mol. The Morgan fingerprint density at radius 3 is 1.19 bits per heavy atom. The minimum atomic E-state index is -6.40. The fourth-order valence-corrected chi connectivity index (χ4v) is 13.1. The first-order valence-corrected chi connectivity index (χ1v) is 20.3. The third kappa shape index (κ3) is 13.0. The van der Waals surface area contributed by atoms with E-state index in [2.05, 4.69) is 68.2 Å². The lowest BCUT2D eigenvalue weighted by atomic mass is 10.4. The molecule has 0 amide bonds. The highest BCUT2D eigenvalue weighted by Gasteiger charge is 2.49. The lowest BCUT2D eigenvalue weighted by Crippen LogP contribution is -3.61. The van der Waals surface area contributed by atoms with Crippen LogP contribution in [0, 0.1) is 7.14 Å². The van der Waals surface area contributed by atoms with E-state index in [-0.39, 0.29) is 46.9 Å². The molecule has 9 nitrogen and oxygen atoms in total. The van der Waals surface area contributed by atoms with Gasteiger partial charge in [-0.2, -0.15) is 43.2 Å². The summed E-state index contributed by atoms with van der Waals surface area (Å²) >= 11 is 0.0287. The number of hydrogen-bond acceptors (Lipinski definition) is 6. The minimum Gasteiger partial charge on any atom is -0.232 e. The van der Waals surface area contributed by atoms with Gasteiger partial charge >= 0.3 is 52.3 Å². The summed E-state index contributed by atoms with van der Waals surface area (Å²) < 4.78 is 154. The van der Waals surface area contributed by atoms with Crippen LogP contribution in [0.5, 0.6) is 0 Å². The molecule has 240 valence electrons. The molecular formula is C22H29F6IN3O6S4+. The Bertz CT molecular complexity index is 1480.